The maximum Gasteiger partial charge on any atom is 0.251 e. The number of rotatable bonds is 3. The van der Waals surface area contributed by atoms with Gasteiger partial charge in [0, 0.05) is 12.6 Å². The third kappa shape index (κ3) is 2.11. The van der Waals surface area contributed by atoms with Crippen LogP contribution in [0.5, 0.6) is 0 Å². The van der Waals surface area contributed by atoms with Crippen molar-refractivity contribution >= 4 is 22.8 Å². The highest BCUT2D eigenvalue weighted by atomic mass is 16.5. The fourth-order valence-corrected chi connectivity index (χ4v) is 2.59. The highest BCUT2D eigenvalue weighted by Gasteiger charge is 2.36. The molecule has 0 aliphatic carbocycles. The number of aliphatic hydroxyl groups excluding tert-OH is 2. The maximum absolute atomic E-state index is 11.6. The SMILES string of the molecule is NC(=O)c1cn(C2OC(CO)CC2O)c2ncnc(N)c12. The molecule has 3 atom stereocenters. The minimum absolute atomic E-state index is 0.124. The first-order valence-electron chi connectivity index (χ1n) is 6.38. The number of carbonyl (C=O) groups excluding carboxylic acids is 1. The van der Waals surface area contributed by atoms with Crippen molar-refractivity contribution < 1.29 is 19.7 Å². The molecule has 0 radical (unpaired) electrons. The molecule has 2 aromatic heterocycles. The van der Waals surface area contributed by atoms with Crippen LogP contribution >= 0.6 is 0 Å². The second-order valence-corrected chi connectivity index (χ2v) is 4.91. The second-order valence-electron chi connectivity index (χ2n) is 4.91. The molecule has 0 aromatic carbocycles. The minimum Gasteiger partial charge on any atom is -0.394 e. The highest BCUT2D eigenvalue weighted by molar-refractivity contribution is 6.08. The minimum atomic E-state index is -0.838. The average molecular weight is 293 g/mol. The smallest absolute Gasteiger partial charge is 0.251 e. The molecule has 3 rings (SSSR count). The van der Waals surface area contributed by atoms with Crippen molar-refractivity contribution in [1.82, 2.24) is 14.5 Å². The van der Waals surface area contributed by atoms with Gasteiger partial charge in [-0.2, -0.15) is 0 Å². The Morgan fingerprint density at radius 3 is 2.90 bits per heavy atom. The zero-order valence-corrected chi connectivity index (χ0v) is 11.0. The Morgan fingerprint density at radius 2 is 2.29 bits per heavy atom. The normalized spacial score (nSPS) is 25.5. The number of anilines is 1. The monoisotopic (exact) mass is 293 g/mol. The second kappa shape index (κ2) is 4.95. The van der Waals surface area contributed by atoms with Crippen LogP contribution in [0.3, 0.4) is 0 Å². The molecule has 9 nitrogen and oxygen atoms in total. The van der Waals surface area contributed by atoms with E-state index in [2.05, 4.69) is 9.97 Å². The Balaban J connectivity index is 2.16. The number of aromatic nitrogens is 3. The molecule has 112 valence electrons. The molecule has 1 fully saturated rings. The van der Waals surface area contributed by atoms with Gasteiger partial charge in [-0.1, -0.05) is 0 Å². The van der Waals surface area contributed by atoms with Crippen molar-refractivity contribution in [3.05, 3.63) is 18.1 Å². The van der Waals surface area contributed by atoms with Gasteiger partial charge in [0.25, 0.3) is 5.91 Å². The standard InChI is InChI=1S/C12H15N5O4/c13-9-8-6(10(14)20)2-17(11(8)16-4-15-9)12-7(19)1-5(3-18)21-12/h2,4-5,7,12,18-19H,1,3H2,(H2,14,20)(H2,13,15,16). The summed E-state index contributed by atoms with van der Waals surface area (Å²) in [7, 11) is 0. The topological polar surface area (TPSA) is 150 Å². The third-order valence-electron chi connectivity index (χ3n) is 3.55. The van der Waals surface area contributed by atoms with E-state index in [1.807, 2.05) is 0 Å². The molecule has 1 aliphatic rings. The van der Waals surface area contributed by atoms with E-state index in [0.29, 0.717) is 11.0 Å². The van der Waals surface area contributed by atoms with Crippen LogP contribution in [0.2, 0.25) is 0 Å². The van der Waals surface area contributed by atoms with Gasteiger partial charge in [0.1, 0.15) is 23.9 Å². The summed E-state index contributed by atoms with van der Waals surface area (Å²) in [6.45, 7) is -0.202. The van der Waals surface area contributed by atoms with Crippen LogP contribution in [-0.4, -0.2) is 49.5 Å². The zero-order chi connectivity index (χ0) is 15.1. The zero-order valence-electron chi connectivity index (χ0n) is 11.0. The summed E-state index contributed by atoms with van der Waals surface area (Å²) in [4.78, 5) is 19.5. The Hall–Kier alpha value is -2.23. The number of amides is 1. The van der Waals surface area contributed by atoms with Crippen LogP contribution < -0.4 is 11.5 Å². The molecule has 3 heterocycles. The number of hydrogen-bond acceptors (Lipinski definition) is 7. The molecule has 21 heavy (non-hydrogen) atoms. The van der Waals surface area contributed by atoms with Crippen LogP contribution in [0, 0.1) is 0 Å². The molecule has 0 spiro atoms. The number of nitrogen functional groups attached to an aromatic ring is 1. The van der Waals surface area contributed by atoms with E-state index in [0.717, 1.165) is 0 Å². The van der Waals surface area contributed by atoms with Crippen LogP contribution in [0.15, 0.2) is 12.5 Å². The van der Waals surface area contributed by atoms with Gasteiger partial charge in [0.2, 0.25) is 0 Å². The fourth-order valence-electron chi connectivity index (χ4n) is 2.59. The quantitative estimate of drug-likeness (QED) is 0.552. The molecule has 9 heteroatoms. The summed E-state index contributed by atoms with van der Waals surface area (Å²) in [5, 5.41) is 19.5. The maximum atomic E-state index is 11.6. The summed E-state index contributed by atoms with van der Waals surface area (Å²) >= 11 is 0. The lowest BCUT2D eigenvalue weighted by atomic mass is 10.2. The van der Waals surface area contributed by atoms with Gasteiger partial charge < -0.3 is 31.0 Å². The number of hydrogen-bond donors (Lipinski definition) is 4. The Bertz CT molecular complexity index is 700. The summed E-state index contributed by atoms with van der Waals surface area (Å²) in [6, 6.07) is 0. The first-order chi connectivity index (χ1) is 10.0. The lowest BCUT2D eigenvalue weighted by Crippen LogP contribution is -2.19. The molecular formula is C12H15N5O4. The molecule has 0 saturated carbocycles. The van der Waals surface area contributed by atoms with E-state index in [9.17, 15) is 9.90 Å². The van der Waals surface area contributed by atoms with E-state index >= 15 is 0 Å². The van der Waals surface area contributed by atoms with Gasteiger partial charge >= 0.3 is 0 Å². The number of primary amides is 1. The third-order valence-corrected chi connectivity index (χ3v) is 3.55. The van der Waals surface area contributed by atoms with Crippen molar-refractivity contribution in [2.24, 2.45) is 5.73 Å². The van der Waals surface area contributed by atoms with Crippen LogP contribution in [0.25, 0.3) is 11.0 Å². The van der Waals surface area contributed by atoms with Gasteiger partial charge in [0.15, 0.2) is 6.23 Å². The van der Waals surface area contributed by atoms with E-state index < -0.39 is 24.3 Å². The molecule has 6 N–H and O–H groups in total. The Morgan fingerprint density at radius 1 is 1.52 bits per heavy atom. The Labute approximate surface area is 119 Å². The van der Waals surface area contributed by atoms with Gasteiger partial charge in [-0.25, -0.2) is 9.97 Å². The van der Waals surface area contributed by atoms with Gasteiger partial charge in [-0.05, 0) is 0 Å². The van der Waals surface area contributed by atoms with Crippen LogP contribution in [0.4, 0.5) is 5.82 Å². The lowest BCUT2D eigenvalue weighted by Gasteiger charge is -2.17. The predicted octanol–water partition coefficient (Wildman–Crippen LogP) is -1.25. The van der Waals surface area contributed by atoms with Crippen molar-refractivity contribution in [3.63, 3.8) is 0 Å². The average Bonchev–Trinajstić information content (AvgIpc) is 3.00. The summed E-state index contributed by atoms with van der Waals surface area (Å²) in [6.07, 6.45) is 0.892. The Kier molecular flexibility index (Phi) is 3.24. The van der Waals surface area contributed by atoms with Crippen molar-refractivity contribution in [2.75, 3.05) is 12.3 Å². The van der Waals surface area contributed by atoms with Crippen LogP contribution in [0.1, 0.15) is 23.0 Å². The number of carbonyl (C=O) groups is 1. The fraction of sp³-hybridized carbons (Fsp3) is 0.417. The van der Waals surface area contributed by atoms with E-state index in [-0.39, 0.29) is 24.4 Å². The largest absolute Gasteiger partial charge is 0.394 e. The summed E-state index contributed by atoms with van der Waals surface area (Å²) in [5.74, 6) is -0.551. The van der Waals surface area contributed by atoms with Gasteiger partial charge in [-0.15, -0.1) is 0 Å². The van der Waals surface area contributed by atoms with Crippen molar-refractivity contribution in [1.29, 1.82) is 0 Å². The number of nitrogens with two attached hydrogens (primary N) is 2. The van der Waals surface area contributed by atoms with Crippen LogP contribution in [-0.2, 0) is 4.74 Å². The lowest BCUT2D eigenvalue weighted by molar-refractivity contribution is -0.0484. The number of ether oxygens (including phenoxy) is 1. The van der Waals surface area contributed by atoms with Crippen molar-refractivity contribution in [2.45, 2.75) is 24.9 Å². The molecule has 1 amide bonds. The van der Waals surface area contributed by atoms with Crippen molar-refractivity contribution in [3.8, 4) is 0 Å². The molecule has 1 aliphatic heterocycles. The summed E-state index contributed by atoms with van der Waals surface area (Å²) in [5.41, 5.74) is 11.6. The summed E-state index contributed by atoms with van der Waals surface area (Å²) < 4.78 is 7.05. The highest BCUT2D eigenvalue weighted by Crippen LogP contribution is 2.33. The molecule has 2 aromatic rings. The predicted molar refractivity (Wildman–Crippen MR) is 72.1 cm³/mol. The molecule has 1 saturated heterocycles. The molecule has 0 bridgehead atoms. The number of aliphatic hydroxyl groups is 2. The van der Waals surface area contributed by atoms with Gasteiger partial charge in [-0.3, -0.25) is 4.79 Å². The first-order valence-corrected chi connectivity index (χ1v) is 6.38. The van der Waals surface area contributed by atoms with E-state index in [1.54, 1.807) is 0 Å². The molecule has 3 unspecified atom stereocenters. The van der Waals surface area contributed by atoms with E-state index in [1.165, 1.54) is 17.1 Å². The number of fused-ring (bicyclic) bond motifs is 1. The molecular weight excluding hydrogens is 278 g/mol. The van der Waals surface area contributed by atoms with E-state index in [4.69, 9.17) is 21.3 Å². The van der Waals surface area contributed by atoms with Gasteiger partial charge in [0.05, 0.1) is 23.7 Å². The first kappa shape index (κ1) is 13.7. The number of nitrogens with zero attached hydrogens (tertiary/aromatic N) is 3.